The average molecular weight is 252 g/mol. The summed E-state index contributed by atoms with van der Waals surface area (Å²) in [5.41, 5.74) is 0.838. The van der Waals surface area contributed by atoms with Crippen LogP contribution in [0.2, 0.25) is 0 Å². The third kappa shape index (κ3) is 3.09. The number of hydrogen-bond acceptors (Lipinski definition) is 4. The summed E-state index contributed by atoms with van der Waals surface area (Å²) in [5.74, 6) is 0. The Morgan fingerprint density at radius 1 is 1.28 bits per heavy atom. The van der Waals surface area contributed by atoms with Gasteiger partial charge >= 0.3 is 6.03 Å². The molecule has 1 aromatic carbocycles. The van der Waals surface area contributed by atoms with Gasteiger partial charge in [0.2, 0.25) is 0 Å². The van der Waals surface area contributed by atoms with E-state index >= 15 is 0 Å². The van der Waals surface area contributed by atoms with Crippen LogP contribution in [0.4, 0.5) is 21.9 Å². The lowest BCUT2D eigenvalue weighted by Crippen LogP contribution is -2.27. The van der Waals surface area contributed by atoms with Gasteiger partial charge in [-0.15, -0.1) is 0 Å². The second-order valence-electron chi connectivity index (χ2n) is 4.18. The topological polar surface area (TPSA) is 78.7 Å². The van der Waals surface area contributed by atoms with Crippen LogP contribution in [0, 0.1) is 10.1 Å². The largest absolute Gasteiger partial charge is 0.372 e. The van der Waals surface area contributed by atoms with E-state index in [-0.39, 0.29) is 11.7 Å². The van der Waals surface area contributed by atoms with E-state index in [1.54, 1.807) is 45.2 Å². The first-order chi connectivity index (χ1) is 8.32. The predicted octanol–water partition coefficient (Wildman–Crippen LogP) is 1.75. The van der Waals surface area contributed by atoms with Gasteiger partial charge in [0.05, 0.1) is 4.92 Å². The molecule has 0 aliphatic carbocycles. The number of anilines is 2. The summed E-state index contributed by atoms with van der Waals surface area (Å²) in [5, 5.41) is 13.5. The zero-order chi connectivity index (χ0) is 13.9. The third-order valence-electron chi connectivity index (χ3n) is 2.31. The summed E-state index contributed by atoms with van der Waals surface area (Å²) >= 11 is 0. The number of carbonyl (C=O) groups is 1. The third-order valence-corrected chi connectivity index (χ3v) is 2.31. The van der Waals surface area contributed by atoms with Crippen molar-refractivity contribution in [3.05, 3.63) is 28.3 Å². The second-order valence-corrected chi connectivity index (χ2v) is 4.18. The minimum atomic E-state index is -0.472. The van der Waals surface area contributed by atoms with Gasteiger partial charge in [-0.3, -0.25) is 10.1 Å². The lowest BCUT2D eigenvalue weighted by atomic mass is 10.2. The number of carbonyl (C=O) groups excluding carboxylic acids is 1. The Balaban J connectivity index is 3.08. The van der Waals surface area contributed by atoms with Crippen molar-refractivity contribution >= 4 is 23.1 Å². The van der Waals surface area contributed by atoms with Gasteiger partial charge in [-0.05, 0) is 12.1 Å². The predicted molar refractivity (Wildman–Crippen MR) is 70.1 cm³/mol. The first-order valence-electron chi connectivity index (χ1n) is 5.27. The van der Waals surface area contributed by atoms with Gasteiger partial charge in [0.15, 0.2) is 0 Å². The zero-order valence-electron chi connectivity index (χ0n) is 10.8. The number of hydrogen-bond donors (Lipinski definition) is 1. The van der Waals surface area contributed by atoms with Gasteiger partial charge in [-0.1, -0.05) is 0 Å². The lowest BCUT2D eigenvalue weighted by molar-refractivity contribution is -0.384. The van der Waals surface area contributed by atoms with Crippen molar-refractivity contribution in [2.45, 2.75) is 0 Å². The number of urea groups is 1. The number of amides is 2. The van der Waals surface area contributed by atoms with Crippen LogP contribution in [-0.4, -0.2) is 44.0 Å². The van der Waals surface area contributed by atoms with E-state index in [0.29, 0.717) is 11.4 Å². The Labute approximate surface area is 105 Å². The normalized spacial score (nSPS) is 9.78. The maximum absolute atomic E-state index is 11.4. The number of rotatable bonds is 3. The van der Waals surface area contributed by atoms with Crippen LogP contribution in [0.25, 0.3) is 0 Å². The van der Waals surface area contributed by atoms with Gasteiger partial charge in [0.25, 0.3) is 5.69 Å². The summed E-state index contributed by atoms with van der Waals surface area (Å²) in [6, 6.07) is 4.24. The minimum Gasteiger partial charge on any atom is -0.372 e. The minimum absolute atomic E-state index is 0.0449. The molecule has 0 fully saturated rings. The Bertz CT molecular complexity index is 471. The molecule has 0 saturated heterocycles. The van der Waals surface area contributed by atoms with Gasteiger partial charge in [-0.25, -0.2) is 4.79 Å². The Morgan fingerprint density at radius 2 is 1.89 bits per heavy atom. The molecule has 98 valence electrons. The number of nitro benzene ring substituents is 1. The molecule has 1 aromatic rings. The molecule has 0 radical (unpaired) electrons. The fourth-order valence-electron chi connectivity index (χ4n) is 1.36. The number of nitrogens with one attached hydrogen (secondary N) is 1. The highest BCUT2D eigenvalue weighted by Crippen LogP contribution is 2.29. The Kier molecular flexibility index (Phi) is 4.09. The fourth-order valence-corrected chi connectivity index (χ4v) is 1.36. The molecule has 0 aliphatic rings. The molecule has 18 heavy (non-hydrogen) atoms. The summed E-state index contributed by atoms with van der Waals surface area (Å²) < 4.78 is 0. The SMILES string of the molecule is CN(C)C(=O)Nc1ccc(N(C)C)c([N+](=O)[O-])c1. The van der Waals surface area contributed by atoms with Crippen molar-refractivity contribution in [1.29, 1.82) is 0 Å². The van der Waals surface area contributed by atoms with Crippen molar-refractivity contribution in [1.82, 2.24) is 4.90 Å². The van der Waals surface area contributed by atoms with Crippen LogP contribution in [-0.2, 0) is 0 Å². The van der Waals surface area contributed by atoms with E-state index in [0.717, 1.165) is 0 Å². The van der Waals surface area contributed by atoms with Crippen LogP contribution in [0.3, 0.4) is 0 Å². The summed E-state index contributed by atoms with van der Waals surface area (Å²) in [6.45, 7) is 0. The van der Waals surface area contributed by atoms with E-state index in [9.17, 15) is 14.9 Å². The molecule has 0 saturated carbocycles. The summed E-state index contributed by atoms with van der Waals surface area (Å²) in [4.78, 5) is 24.9. The maximum Gasteiger partial charge on any atom is 0.321 e. The molecule has 0 unspecified atom stereocenters. The van der Waals surface area contributed by atoms with E-state index in [1.807, 2.05) is 0 Å². The molecule has 7 heteroatoms. The van der Waals surface area contributed by atoms with E-state index in [2.05, 4.69) is 5.32 Å². The monoisotopic (exact) mass is 252 g/mol. The molecular formula is C11H16N4O3. The highest BCUT2D eigenvalue weighted by molar-refractivity contribution is 5.90. The van der Waals surface area contributed by atoms with Crippen LogP contribution in [0.1, 0.15) is 0 Å². The molecule has 0 aliphatic heterocycles. The van der Waals surface area contributed by atoms with E-state index in [1.165, 1.54) is 11.0 Å². The molecule has 0 atom stereocenters. The molecule has 1 rings (SSSR count). The first kappa shape index (κ1) is 13.8. The highest BCUT2D eigenvalue weighted by Gasteiger charge is 2.17. The van der Waals surface area contributed by atoms with Crippen molar-refractivity contribution < 1.29 is 9.72 Å². The van der Waals surface area contributed by atoms with Crippen molar-refractivity contribution in [2.24, 2.45) is 0 Å². The van der Waals surface area contributed by atoms with Gasteiger partial charge in [0.1, 0.15) is 5.69 Å². The Morgan fingerprint density at radius 3 is 2.33 bits per heavy atom. The summed E-state index contributed by atoms with van der Waals surface area (Å²) in [7, 11) is 6.64. The molecule has 0 heterocycles. The molecular weight excluding hydrogens is 236 g/mol. The van der Waals surface area contributed by atoms with E-state index < -0.39 is 4.92 Å². The van der Waals surface area contributed by atoms with E-state index in [4.69, 9.17) is 0 Å². The molecule has 0 bridgehead atoms. The van der Waals surface area contributed by atoms with Crippen molar-refractivity contribution in [3.63, 3.8) is 0 Å². The molecule has 0 aromatic heterocycles. The summed E-state index contributed by atoms with van der Waals surface area (Å²) in [6.07, 6.45) is 0. The smallest absolute Gasteiger partial charge is 0.321 e. The first-order valence-corrected chi connectivity index (χ1v) is 5.27. The van der Waals surface area contributed by atoms with Crippen LogP contribution >= 0.6 is 0 Å². The quantitative estimate of drug-likeness (QED) is 0.656. The Hall–Kier alpha value is -2.31. The van der Waals surface area contributed by atoms with Crippen LogP contribution < -0.4 is 10.2 Å². The van der Waals surface area contributed by atoms with Crippen molar-refractivity contribution in [3.8, 4) is 0 Å². The zero-order valence-corrected chi connectivity index (χ0v) is 10.8. The average Bonchev–Trinajstić information content (AvgIpc) is 2.28. The number of nitrogens with zero attached hydrogens (tertiary/aromatic N) is 3. The number of benzene rings is 1. The molecule has 0 spiro atoms. The highest BCUT2D eigenvalue weighted by atomic mass is 16.6. The van der Waals surface area contributed by atoms with Gasteiger partial charge in [-0.2, -0.15) is 0 Å². The lowest BCUT2D eigenvalue weighted by Gasteiger charge is -2.15. The molecule has 2 amide bonds. The molecule has 7 nitrogen and oxygen atoms in total. The number of nitro groups is 1. The second kappa shape index (κ2) is 5.35. The van der Waals surface area contributed by atoms with Gasteiger partial charge in [0, 0.05) is 39.9 Å². The van der Waals surface area contributed by atoms with Crippen molar-refractivity contribution in [2.75, 3.05) is 38.4 Å². The van der Waals surface area contributed by atoms with Gasteiger partial charge < -0.3 is 15.1 Å². The van der Waals surface area contributed by atoms with Crippen LogP contribution in [0.5, 0.6) is 0 Å². The maximum atomic E-state index is 11.4. The van der Waals surface area contributed by atoms with Crippen LogP contribution in [0.15, 0.2) is 18.2 Å². The standard InChI is InChI=1S/C11H16N4O3/c1-13(2)9-6-5-8(7-10(9)15(17)18)12-11(16)14(3)4/h5-7H,1-4H3,(H,12,16). The molecule has 1 N–H and O–H groups in total. The fraction of sp³-hybridized carbons (Fsp3) is 0.364.